The summed E-state index contributed by atoms with van der Waals surface area (Å²) < 4.78 is 40.2. The van der Waals surface area contributed by atoms with Gasteiger partial charge in [0.15, 0.2) is 0 Å². The highest BCUT2D eigenvalue weighted by atomic mass is 19.4. The van der Waals surface area contributed by atoms with Crippen molar-refractivity contribution in [3.05, 3.63) is 48.4 Å². The number of nitrogens with zero attached hydrogens (tertiary/aromatic N) is 1. The molecule has 0 aromatic heterocycles. The van der Waals surface area contributed by atoms with Crippen LogP contribution in [0.2, 0.25) is 0 Å². The average molecular weight is 327 g/mol. The van der Waals surface area contributed by atoms with Gasteiger partial charge in [0.25, 0.3) is 0 Å². The Kier molecular flexibility index (Phi) is 4.97. The lowest BCUT2D eigenvalue weighted by atomic mass is 9.56. The highest BCUT2D eigenvalue weighted by Crippen LogP contribution is 2.55. The van der Waals surface area contributed by atoms with Crippen molar-refractivity contribution in [2.75, 3.05) is 13.1 Å². The largest absolute Gasteiger partial charge is 0.572 e. The zero-order chi connectivity index (χ0) is 17.3. The van der Waals surface area contributed by atoms with Crippen molar-refractivity contribution in [1.29, 1.82) is 0 Å². The summed E-state index contributed by atoms with van der Waals surface area (Å²) in [6.07, 6.45) is 3.38. The maximum Gasteiger partial charge on any atom is 0.572 e. The smallest absolute Gasteiger partial charge is 0.411 e. The first-order chi connectivity index (χ1) is 10.7. The summed E-state index contributed by atoms with van der Waals surface area (Å²) in [7, 11) is 0. The van der Waals surface area contributed by atoms with E-state index in [1.165, 1.54) is 13.0 Å². The Bertz CT molecular complexity index is 531. The predicted molar refractivity (Wildman–Crippen MR) is 85.3 cm³/mol. The number of hydrogen-bond acceptors (Lipinski definition) is 2. The number of halogens is 3. The van der Waals surface area contributed by atoms with Crippen LogP contribution >= 0.6 is 0 Å². The minimum atomic E-state index is -4.63. The Hall–Kier alpha value is -1.65. The summed E-state index contributed by atoms with van der Waals surface area (Å²) in [5, 5.41) is 0. The lowest BCUT2D eigenvalue weighted by molar-refractivity contribution is -0.305. The summed E-state index contributed by atoms with van der Waals surface area (Å²) >= 11 is 0. The van der Waals surface area contributed by atoms with E-state index in [2.05, 4.69) is 22.8 Å². The first kappa shape index (κ1) is 17.7. The highest BCUT2D eigenvalue weighted by Gasteiger charge is 2.52. The number of ether oxygens (including phenoxy) is 1. The van der Waals surface area contributed by atoms with Crippen molar-refractivity contribution in [3.63, 3.8) is 0 Å². The summed E-state index contributed by atoms with van der Waals surface area (Å²) in [4.78, 5) is 2.24. The molecule has 0 atom stereocenters. The normalized spacial score (nSPS) is 21.7. The van der Waals surface area contributed by atoms with E-state index < -0.39 is 6.36 Å². The third kappa shape index (κ3) is 4.21. The lowest BCUT2D eigenvalue weighted by Crippen LogP contribution is -2.61. The van der Waals surface area contributed by atoms with Gasteiger partial charge in [-0.3, -0.25) is 0 Å². The molecule has 2 fully saturated rings. The van der Waals surface area contributed by atoms with Crippen molar-refractivity contribution in [2.45, 2.75) is 39.5 Å². The molecule has 1 heterocycles. The minimum absolute atomic E-state index is 0.148. The molecular weight excluding hydrogens is 303 g/mol. The molecule has 1 aliphatic carbocycles. The van der Waals surface area contributed by atoms with Crippen molar-refractivity contribution >= 4 is 0 Å². The standard InChI is InChI=1S/C18H24F3NO/c1-5-13(3)15-9-17(10-15)11-22(12-17)16(6-2)8-7-14(4)23-18(19,20)21/h5,7-8,15H,1,3,6,9-12H2,2,4H3/b14-7+,16-8+. The van der Waals surface area contributed by atoms with E-state index in [4.69, 9.17) is 0 Å². The molecule has 23 heavy (non-hydrogen) atoms. The Morgan fingerprint density at radius 1 is 1.30 bits per heavy atom. The molecule has 1 saturated heterocycles. The van der Waals surface area contributed by atoms with E-state index in [9.17, 15) is 13.2 Å². The van der Waals surface area contributed by atoms with Gasteiger partial charge >= 0.3 is 6.36 Å². The number of alkyl halides is 3. The second-order valence-electron chi connectivity index (χ2n) is 6.58. The third-order valence-corrected chi connectivity index (χ3v) is 4.75. The molecule has 0 unspecified atom stereocenters. The molecule has 0 amide bonds. The van der Waals surface area contributed by atoms with E-state index in [0.29, 0.717) is 11.3 Å². The molecule has 2 aliphatic rings. The van der Waals surface area contributed by atoms with E-state index in [1.807, 2.05) is 13.0 Å². The first-order valence-corrected chi connectivity index (χ1v) is 7.87. The van der Waals surface area contributed by atoms with E-state index >= 15 is 0 Å². The van der Waals surface area contributed by atoms with Crippen LogP contribution in [-0.2, 0) is 4.74 Å². The molecule has 0 aromatic rings. The number of likely N-dealkylation sites (tertiary alicyclic amines) is 1. The van der Waals surface area contributed by atoms with E-state index in [-0.39, 0.29) is 5.76 Å². The second-order valence-corrected chi connectivity index (χ2v) is 6.58. The molecule has 1 spiro atoms. The molecule has 2 rings (SSSR count). The SMILES string of the molecule is C=CC(=C)C1CC2(C1)CN(/C(=C/C=C(\C)OC(F)(F)F)CC)C2. The van der Waals surface area contributed by atoms with Crippen LogP contribution in [0.1, 0.15) is 33.1 Å². The van der Waals surface area contributed by atoms with Gasteiger partial charge in [-0.1, -0.05) is 31.7 Å². The molecule has 0 radical (unpaired) electrons. The predicted octanol–water partition coefficient (Wildman–Crippen LogP) is 5.17. The lowest BCUT2D eigenvalue weighted by Gasteiger charge is -2.60. The van der Waals surface area contributed by atoms with Crippen LogP contribution in [-0.4, -0.2) is 24.4 Å². The highest BCUT2D eigenvalue weighted by molar-refractivity contribution is 5.25. The van der Waals surface area contributed by atoms with E-state index in [0.717, 1.165) is 43.6 Å². The van der Waals surface area contributed by atoms with Gasteiger partial charge in [-0.2, -0.15) is 0 Å². The number of hydrogen-bond donors (Lipinski definition) is 0. The Labute approximate surface area is 136 Å². The Balaban J connectivity index is 1.88. The van der Waals surface area contributed by atoms with Crippen molar-refractivity contribution in [1.82, 2.24) is 4.90 Å². The maximum atomic E-state index is 12.1. The van der Waals surface area contributed by atoms with Crippen LogP contribution < -0.4 is 0 Å². The van der Waals surface area contributed by atoms with Crippen LogP contribution in [0.4, 0.5) is 13.2 Å². The van der Waals surface area contributed by atoms with Crippen LogP contribution in [0.3, 0.4) is 0 Å². The van der Waals surface area contributed by atoms with E-state index in [1.54, 1.807) is 6.08 Å². The van der Waals surface area contributed by atoms with Gasteiger partial charge in [0.2, 0.25) is 0 Å². The number of allylic oxidation sites excluding steroid dienone is 6. The quantitative estimate of drug-likeness (QED) is 0.492. The maximum absolute atomic E-state index is 12.1. The fourth-order valence-electron chi connectivity index (χ4n) is 3.52. The van der Waals surface area contributed by atoms with Gasteiger partial charge in [-0.05, 0) is 44.3 Å². The number of rotatable bonds is 6. The van der Waals surface area contributed by atoms with Gasteiger partial charge < -0.3 is 9.64 Å². The monoisotopic (exact) mass is 327 g/mol. The van der Waals surface area contributed by atoms with Crippen LogP contribution in [0.5, 0.6) is 0 Å². The molecule has 2 nitrogen and oxygen atoms in total. The molecule has 1 saturated carbocycles. The van der Waals surface area contributed by atoms with Gasteiger partial charge in [0.05, 0.1) is 0 Å². The van der Waals surface area contributed by atoms with Crippen LogP contribution in [0.25, 0.3) is 0 Å². The zero-order valence-electron chi connectivity index (χ0n) is 13.7. The molecule has 1 aliphatic heterocycles. The van der Waals surface area contributed by atoms with Crippen molar-refractivity contribution in [2.24, 2.45) is 11.3 Å². The fourth-order valence-corrected chi connectivity index (χ4v) is 3.52. The van der Waals surface area contributed by atoms with Crippen molar-refractivity contribution in [3.8, 4) is 0 Å². The molecule has 5 heteroatoms. The summed E-state index contributed by atoms with van der Waals surface area (Å²) in [6, 6.07) is 0. The Morgan fingerprint density at radius 2 is 1.91 bits per heavy atom. The summed E-state index contributed by atoms with van der Waals surface area (Å²) in [5.74, 6) is 0.399. The van der Waals surface area contributed by atoms with Crippen molar-refractivity contribution < 1.29 is 17.9 Å². The third-order valence-electron chi connectivity index (χ3n) is 4.75. The molecule has 0 aromatic carbocycles. The average Bonchev–Trinajstić information content (AvgIpc) is 2.36. The molecular formula is C18H24F3NO. The van der Waals surface area contributed by atoms with Gasteiger partial charge in [-0.25, -0.2) is 0 Å². The molecule has 0 N–H and O–H groups in total. The fraction of sp³-hybridized carbons (Fsp3) is 0.556. The van der Waals surface area contributed by atoms with Gasteiger partial charge in [0, 0.05) is 24.2 Å². The van der Waals surface area contributed by atoms with Gasteiger partial charge in [-0.15, -0.1) is 13.2 Å². The summed E-state index contributed by atoms with van der Waals surface area (Å²) in [6.45, 7) is 13.0. The van der Waals surface area contributed by atoms with Crippen LogP contribution in [0, 0.1) is 11.3 Å². The molecule has 128 valence electrons. The first-order valence-electron chi connectivity index (χ1n) is 7.87. The second kappa shape index (κ2) is 6.46. The molecule has 0 bridgehead atoms. The van der Waals surface area contributed by atoms with Crippen LogP contribution in [0.15, 0.2) is 48.4 Å². The summed E-state index contributed by atoms with van der Waals surface area (Å²) in [5.41, 5.74) is 2.53. The van der Waals surface area contributed by atoms with Gasteiger partial charge in [0.1, 0.15) is 5.76 Å². The Morgan fingerprint density at radius 3 is 2.39 bits per heavy atom. The zero-order valence-corrected chi connectivity index (χ0v) is 13.7. The minimum Gasteiger partial charge on any atom is -0.411 e. The topological polar surface area (TPSA) is 12.5 Å².